The standard InChI is InChI=1S/C12H21NO4/c1-8-4-3-6-12-9(8)5-7-11(2,16-17-12)15-10(12)13-14/h8-10,13-14H,3-7H2,1-2H3/t8-,9?,10?,11+,12?/m0/s1. The number of fused-ring (bicyclic) bond motifs is 3. The molecular weight excluding hydrogens is 222 g/mol. The molecule has 0 radical (unpaired) electrons. The topological polar surface area (TPSA) is 60.0 Å². The predicted octanol–water partition coefficient (Wildman–Crippen LogP) is 1.95. The maximum absolute atomic E-state index is 9.36. The average molecular weight is 243 g/mol. The van der Waals surface area contributed by atoms with Gasteiger partial charge in [0.2, 0.25) is 5.79 Å². The smallest absolute Gasteiger partial charge is 0.200 e. The molecule has 0 aromatic rings. The maximum Gasteiger partial charge on any atom is 0.200 e. The average Bonchev–Trinajstić information content (AvgIpc) is 2.54. The molecule has 3 heterocycles. The number of ether oxygens (including phenoxy) is 1. The second-order valence-electron chi connectivity index (χ2n) is 5.90. The predicted molar refractivity (Wildman–Crippen MR) is 58.8 cm³/mol. The minimum absolute atomic E-state index is 0.380. The molecule has 5 nitrogen and oxygen atoms in total. The molecule has 4 fully saturated rings. The number of hydroxylamine groups is 1. The van der Waals surface area contributed by atoms with Crippen LogP contribution in [0.1, 0.15) is 46.0 Å². The van der Waals surface area contributed by atoms with Crippen molar-refractivity contribution < 1.29 is 19.7 Å². The van der Waals surface area contributed by atoms with Crippen molar-refractivity contribution >= 4 is 0 Å². The van der Waals surface area contributed by atoms with Crippen LogP contribution in [0.15, 0.2) is 0 Å². The van der Waals surface area contributed by atoms with E-state index in [1.54, 1.807) is 0 Å². The fourth-order valence-electron chi connectivity index (χ4n) is 3.76. The zero-order valence-electron chi connectivity index (χ0n) is 10.4. The van der Waals surface area contributed by atoms with E-state index in [2.05, 4.69) is 12.4 Å². The molecule has 0 aromatic heterocycles. The van der Waals surface area contributed by atoms with Crippen LogP contribution in [-0.2, 0) is 14.5 Å². The Kier molecular flexibility index (Phi) is 2.72. The maximum atomic E-state index is 9.36. The number of hydrogen-bond donors (Lipinski definition) is 2. The van der Waals surface area contributed by atoms with Crippen molar-refractivity contribution in [1.29, 1.82) is 0 Å². The van der Waals surface area contributed by atoms with E-state index in [0.29, 0.717) is 11.8 Å². The summed E-state index contributed by atoms with van der Waals surface area (Å²) in [5.41, 5.74) is 1.76. The molecule has 98 valence electrons. The van der Waals surface area contributed by atoms with Crippen molar-refractivity contribution in [3.05, 3.63) is 0 Å². The molecule has 17 heavy (non-hydrogen) atoms. The molecule has 4 rings (SSSR count). The van der Waals surface area contributed by atoms with Gasteiger partial charge in [-0.2, -0.15) is 5.48 Å². The number of nitrogens with one attached hydrogen (secondary N) is 1. The van der Waals surface area contributed by atoms with Gasteiger partial charge in [0.15, 0.2) is 6.23 Å². The largest absolute Gasteiger partial charge is 0.324 e. The van der Waals surface area contributed by atoms with Crippen LogP contribution < -0.4 is 5.48 Å². The molecule has 0 aromatic carbocycles. The van der Waals surface area contributed by atoms with Crippen LogP contribution in [0.4, 0.5) is 0 Å². The van der Waals surface area contributed by atoms with E-state index >= 15 is 0 Å². The molecule has 5 atom stereocenters. The van der Waals surface area contributed by atoms with Crippen molar-refractivity contribution in [3.63, 3.8) is 0 Å². The zero-order valence-corrected chi connectivity index (χ0v) is 10.4. The van der Waals surface area contributed by atoms with Crippen molar-refractivity contribution in [2.75, 3.05) is 0 Å². The van der Waals surface area contributed by atoms with E-state index in [4.69, 9.17) is 14.5 Å². The van der Waals surface area contributed by atoms with E-state index in [0.717, 1.165) is 25.7 Å². The third-order valence-electron chi connectivity index (χ3n) is 4.75. The fourth-order valence-corrected chi connectivity index (χ4v) is 3.76. The van der Waals surface area contributed by atoms with Gasteiger partial charge in [-0.3, -0.25) is 0 Å². The molecule has 3 unspecified atom stereocenters. The molecule has 4 aliphatic rings. The van der Waals surface area contributed by atoms with Gasteiger partial charge in [-0.15, -0.1) is 0 Å². The molecule has 0 amide bonds. The first kappa shape index (κ1) is 11.9. The van der Waals surface area contributed by atoms with E-state index in [1.807, 2.05) is 6.92 Å². The van der Waals surface area contributed by atoms with Gasteiger partial charge < -0.3 is 9.94 Å². The highest BCUT2D eigenvalue weighted by molar-refractivity contribution is 5.02. The van der Waals surface area contributed by atoms with Crippen molar-refractivity contribution in [1.82, 2.24) is 5.48 Å². The summed E-state index contributed by atoms with van der Waals surface area (Å²) in [4.78, 5) is 11.2. The Morgan fingerprint density at radius 2 is 2.06 bits per heavy atom. The third-order valence-corrected chi connectivity index (χ3v) is 4.75. The van der Waals surface area contributed by atoms with Crippen LogP contribution in [0.5, 0.6) is 0 Å². The molecule has 1 aliphatic carbocycles. The summed E-state index contributed by atoms with van der Waals surface area (Å²) < 4.78 is 5.85. The van der Waals surface area contributed by atoms with Gasteiger partial charge in [0.25, 0.3) is 0 Å². The molecule has 5 heteroatoms. The summed E-state index contributed by atoms with van der Waals surface area (Å²) >= 11 is 0. The molecular formula is C12H21NO4. The Hall–Kier alpha value is -0.200. The van der Waals surface area contributed by atoms with E-state index in [9.17, 15) is 5.21 Å². The van der Waals surface area contributed by atoms with Gasteiger partial charge in [0, 0.05) is 6.42 Å². The summed E-state index contributed by atoms with van der Waals surface area (Å²) in [5, 5.41) is 9.36. The Labute approximate surface area is 101 Å². The Morgan fingerprint density at radius 3 is 2.82 bits per heavy atom. The van der Waals surface area contributed by atoms with E-state index in [1.165, 1.54) is 6.42 Å². The lowest BCUT2D eigenvalue weighted by Crippen LogP contribution is -2.64. The summed E-state index contributed by atoms with van der Waals surface area (Å²) in [6.45, 7) is 4.12. The first-order chi connectivity index (χ1) is 8.10. The molecule has 1 saturated carbocycles. The molecule has 1 spiro atoms. The molecule has 2 N–H and O–H groups in total. The second kappa shape index (κ2) is 3.90. The van der Waals surface area contributed by atoms with Crippen LogP contribution in [0.25, 0.3) is 0 Å². The quantitative estimate of drug-likeness (QED) is 0.544. The normalized spacial score (nSPS) is 54.2. The Balaban J connectivity index is 1.98. The third kappa shape index (κ3) is 1.64. The molecule has 3 aliphatic heterocycles. The lowest BCUT2D eigenvalue weighted by atomic mass is 9.67. The van der Waals surface area contributed by atoms with Crippen molar-refractivity contribution in [2.24, 2.45) is 11.8 Å². The van der Waals surface area contributed by atoms with Crippen molar-refractivity contribution in [3.8, 4) is 0 Å². The van der Waals surface area contributed by atoms with Crippen molar-refractivity contribution in [2.45, 2.75) is 63.6 Å². The lowest BCUT2D eigenvalue weighted by molar-refractivity contribution is -0.533. The molecule has 2 bridgehead atoms. The summed E-state index contributed by atoms with van der Waals surface area (Å²) in [6.07, 6.45) is 4.51. The second-order valence-corrected chi connectivity index (χ2v) is 5.90. The van der Waals surface area contributed by atoms with Gasteiger partial charge in [-0.05, 0) is 31.6 Å². The minimum Gasteiger partial charge on any atom is -0.324 e. The Bertz CT molecular complexity index is 313. The van der Waals surface area contributed by atoms with Crippen LogP contribution >= 0.6 is 0 Å². The zero-order chi connectivity index (χ0) is 12.1. The van der Waals surface area contributed by atoms with Crippen LogP contribution in [-0.4, -0.2) is 22.8 Å². The first-order valence-electron chi connectivity index (χ1n) is 6.54. The van der Waals surface area contributed by atoms with Crippen LogP contribution in [0, 0.1) is 11.8 Å². The van der Waals surface area contributed by atoms with Gasteiger partial charge in [-0.1, -0.05) is 19.8 Å². The van der Waals surface area contributed by atoms with Gasteiger partial charge in [0.1, 0.15) is 5.60 Å². The highest BCUT2D eigenvalue weighted by Gasteiger charge is 2.60. The van der Waals surface area contributed by atoms with Gasteiger partial charge >= 0.3 is 0 Å². The Morgan fingerprint density at radius 1 is 1.24 bits per heavy atom. The SMILES string of the molecule is C[C@H]1CCCC23OO[C@](C)(CCC12)OC3NO. The van der Waals surface area contributed by atoms with Crippen LogP contribution in [0.2, 0.25) is 0 Å². The minimum atomic E-state index is -0.733. The number of rotatable bonds is 1. The highest BCUT2D eigenvalue weighted by atomic mass is 17.3. The molecule has 3 saturated heterocycles. The monoisotopic (exact) mass is 243 g/mol. The summed E-state index contributed by atoms with van der Waals surface area (Å²) in [5.74, 6) is 0.223. The van der Waals surface area contributed by atoms with E-state index < -0.39 is 17.6 Å². The summed E-state index contributed by atoms with van der Waals surface area (Å²) in [7, 11) is 0. The highest BCUT2D eigenvalue weighted by Crippen LogP contribution is 2.52. The van der Waals surface area contributed by atoms with Gasteiger partial charge in [0.05, 0.1) is 0 Å². The van der Waals surface area contributed by atoms with Crippen LogP contribution in [0.3, 0.4) is 0 Å². The van der Waals surface area contributed by atoms with Gasteiger partial charge in [-0.25, -0.2) is 9.78 Å². The van der Waals surface area contributed by atoms with E-state index in [-0.39, 0.29) is 0 Å². The number of hydrogen-bond acceptors (Lipinski definition) is 5. The lowest BCUT2D eigenvalue weighted by Gasteiger charge is -2.50. The first-order valence-corrected chi connectivity index (χ1v) is 6.54. The fraction of sp³-hybridized carbons (Fsp3) is 1.00. The summed E-state index contributed by atoms with van der Waals surface area (Å²) in [6, 6.07) is 0.